The van der Waals surface area contributed by atoms with Gasteiger partial charge in [0.25, 0.3) is 0 Å². The maximum atomic E-state index is 12.9. The van der Waals surface area contributed by atoms with E-state index in [0.717, 1.165) is 103 Å². The van der Waals surface area contributed by atoms with Crippen LogP contribution in [-0.2, 0) is 28.6 Å². The van der Waals surface area contributed by atoms with Gasteiger partial charge in [0.2, 0.25) is 0 Å². The molecule has 6 nitrogen and oxygen atoms in total. The van der Waals surface area contributed by atoms with E-state index in [1.165, 1.54) is 180 Å². The van der Waals surface area contributed by atoms with Gasteiger partial charge >= 0.3 is 17.9 Å². The Balaban J connectivity index is 4.33. The van der Waals surface area contributed by atoms with E-state index in [1.54, 1.807) is 0 Å². The quantitative estimate of drug-likeness (QED) is 0.0261. The molecule has 0 bridgehead atoms. The Morgan fingerprint density at radius 1 is 0.263 bits per heavy atom. The monoisotopic (exact) mass is 1060 g/mol. The molecule has 438 valence electrons. The highest BCUT2D eigenvalue weighted by molar-refractivity contribution is 5.71. The number of ether oxygens (including phenoxy) is 3. The van der Waals surface area contributed by atoms with E-state index in [9.17, 15) is 14.4 Å². The predicted molar refractivity (Wildman–Crippen MR) is 330 cm³/mol. The number of hydrogen-bond acceptors (Lipinski definition) is 6. The van der Waals surface area contributed by atoms with E-state index in [1.807, 2.05) is 0 Å². The summed E-state index contributed by atoms with van der Waals surface area (Å²) in [5.74, 6) is -0.901. The summed E-state index contributed by atoms with van der Waals surface area (Å²) < 4.78 is 16.9. The van der Waals surface area contributed by atoms with Gasteiger partial charge in [-0.2, -0.15) is 0 Å². The van der Waals surface area contributed by atoms with Gasteiger partial charge < -0.3 is 14.2 Å². The van der Waals surface area contributed by atoms with Gasteiger partial charge in [0, 0.05) is 19.3 Å². The Morgan fingerprint density at radius 3 is 0.776 bits per heavy atom. The van der Waals surface area contributed by atoms with Crippen molar-refractivity contribution >= 4 is 17.9 Å². The van der Waals surface area contributed by atoms with Gasteiger partial charge in [0.1, 0.15) is 13.2 Å². The lowest BCUT2D eigenvalue weighted by Crippen LogP contribution is -2.30. The highest BCUT2D eigenvalue weighted by Gasteiger charge is 2.19. The highest BCUT2D eigenvalue weighted by atomic mass is 16.6. The lowest BCUT2D eigenvalue weighted by molar-refractivity contribution is -0.167. The van der Waals surface area contributed by atoms with E-state index in [2.05, 4.69) is 106 Å². The van der Waals surface area contributed by atoms with Gasteiger partial charge in [-0.3, -0.25) is 14.4 Å². The molecule has 0 aromatic rings. The first-order chi connectivity index (χ1) is 37.5. The highest BCUT2D eigenvalue weighted by Crippen LogP contribution is 2.16. The second kappa shape index (κ2) is 64.1. The lowest BCUT2D eigenvalue weighted by atomic mass is 10.1. The van der Waals surface area contributed by atoms with Crippen LogP contribution in [0.5, 0.6) is 0 Å². The summed E-state index contributed by atoms with van der Waals surface area (Å²) in [5.41, 5.74) is 0. The molecule has 76 heavy (non-hydrogen) atoms. The number of unbranched alkanes of at least 4 members (excludes halogenated alkanes) is 34. The standard InChI is InChI=1S/C70H122O6/c1-4-7-10-13-16-19-22-25-27-29-31-33-34-35-36-38-39-41-43-45-48-51-54-57-60-63-69(72)75-66-67(65-74-68(71)62-59-56-53-50-47-24-21-18-15-12-9-6-3)76-70(73)64-61-58-55-52-49-46-44-42-40-37-32-30-28-26-23-20-17-14-11-8-5-2/h18,21-23,25-26,29-32,34-35,40,42,67H,4-17,19-20,24,27-28,33,36-39,41,43-66H2,1-3H3/b21-18-,25-22-,26-23-,31-29-,32-30-,35-34-,42-40-. The zero-order chi connectivity index (χ0) is 55.0. The first kappa shape index (κ1) is 72.6. The van der Waals surface area contributed by atoms with Crippen molar-refractivity contribution in [1.29, 1.82) is 0 Å². The molecule has 0 radical (unpaired) electrons. The van der Waals surface area contributed by atoms with Crippen LogP contribution in [0.15, 0.2) is 85.1 Å². The molecule has 6 heteroatoms. The van der Waals surface area contributed by atoms with Crippen molar-refractivity contribution in [2.75, 3.05) is 13.2 Å². The number of allylic oxidation sites excluding steroid dienone is 14. The third-order valence-electron chi connectivity index (χ3n) is 14.1. The zero-order valence-corrected chi connectivity index (χ0v) is 50.3. The van der Waals surface area contributed by atoms with Crippen LogP contribution in [0.25, 0.3) is 0 Å². The molecule has 1 atom stereocenters. The van der Waals surface area contributed by atoms with Gasteiger partial charge in [-0.1, -0.05) is 266 Å². The van der Waals surface area contributed by atoms with E-state index in [-0.39, 0.29) is 31.1 Å². The molecule has 1 unspecified atom stereocenters. The molecule has 0 saturated carbocycles. The van der Waals surface area contributed by atoms with Gasteiger partial charge in [0.15, 0.2) is 6.10 Å². The lowest BCUT2D eigenvalue weighted by Gasteiger charge is -2.18. The Bertz CT molecular complexity index is 1450. The van der Waals surface area contributed by atoms with Gasteiger partial charge in [0.05, 0.1) is 0 Å². The summed E-state index contributed by atoms with van der Waals surface area (Å²) >= 11 is 0. The molecular formula is C70H122O6. The van der Waals surface area contributed by atoms with E-state index >= 15 is 0 Å². The molecule has 0 aliphatic carbocycles. The minimum atomic E-state index is -0.790. The second-order valence-corrected chi connectivity index (χ2v) is 21.7. The largest absolute Gasteiger partial charge is 0.462 e. The van der Waals surface area contributed by atoms with Crippen molar-refractivity contribution in [2.24, 2.45) is 0 Å². The summed E-state index contributed by atoms with van der Waals surface area (Å²) in [7, 11) is 0. The zero-order valence-electron chi connectivity index (χ0n) is 50.3. The molecule has 0 rings (SSSR count). The molecular weight excluding hydrogens is 937 g/mol. The third kappa shape index (κ3) is 61.4. The number of carbonyl (C=O) groups excluding carboxylic acids is 3. The van der Waals surface area contributed by atoms with Crippen LogP contribution in [0.1, 0.15) is 323 Å². The first-order valence-corrected chi connectivity index (χ1v) is 32.6. The van der Waals surface area contributed by atoms with Crippen LogP contribution in [-0.4, -0.2) is 37.2 Å². The molecule has 0 N–H and O–H groups in total. The predicted octanol–water partition coefficient (Wildman–Crippen LogP) is 22.3. The van der Waals surface area contributed by atoms with Crippen molar-refractivity contribution in [3.8, 4) is 0 Å². The van der Waals surface area contributed by atoms with Crippen molar-refractivity contribution in [1.82, 2.24) is 0 Å². The van der Waals surface area contributed by atoms with E-state index in [4.69, 9.17) is 14.2 Å². The summed E-state index contributed by atoms with van der Waals surface area (Å²) in [6.07, 6.45) is 84.4. The summed E-state index contributed by atoms with van der Waals surface area (Å²) in [6.45, 7) is 6.60. The summed E-state index contributed by atoms with van der Waals surface area (Å²) in [6, 6.07) is 0. The van der Waals surface area contributed by atoms with Gasteiger partial charge in [-0.25, -0.2) is 0 Å². The number of hydrogen-bond donors (Lipinski definition) is 0. The maximum absolute atomic E-state index is 12.9. The number of rotatable bonds is 59. The fourth-order valence-corrected chi connectivity index (χ4v) is 9.16. The molecule has 0 aliphatic rings. The molecule has 0 amide bonds. The topological polar surface area (TPSA) is 78.9 Å². The average Bonchev–Trinajstić information content (AvgIpc) is 3.42. The van der Waals surface area contributed by atoms with Crippen LogP contribution in [0.2, 0.25) is 0 Å². The fourth-order valence-electron chi connectivity index (χ4n) is 9.16. The van der Waals surface area contributed by atoms with Gasteiger partial charge in [-0.05, 0) is 122 Å². The molecule has 0 spiro atoms. The van der Waals surface area contributed by atoms with Crippen molar-refractivity contribution in [3.05, 3.63) is 85.1 Å². The Morgan fingerprint density at radius 2 is 0.474 bits per heavy atom. The third-order valence-corrected chi connectivity index (χ3v) is 14.1. The van der Waals surface area contributed by atoms with Crippen LogP contribution >= 0.6 is 0 Å². The second-order valence-electron chi connectivity index (χ2n) is 21.7. The summed E-state index contributed by atoms with van der Waals surface area (Å²) in [4.78, 5) is 38.3. The minimum Gasteiger partial charge on any atom is -0.462 e. The smallest absolute Gasteiger partial charge is 0.306 e. The average molecular weight is 1060 g/mol. The molecule has 0 saturated heterocycles. The van der Waals surface area contributed by atoms with Crippen molar-refractivity contribution in [3.63, 3.8) is 0 Å². The molecule has 0 aromatic heterocycles. The first-order valence-electron chi connectivity index (χ1n) is 32.6. The van der Waals surface area contributed by atoms with Crippen LogP contribution < -0.4 is 0 Å². The summed E-state index contributed by atoms with van der Waals surface area (Å²) in [5, 5.41) is 0. The van der Waals surface area contributed by atoms with E-state index < -0.39 is 6.10 Å². The minimum absolute atomic E-state index is 0.0859. The van der Waals surface area contributed by atoms with Crippen molar-refractivity contribution in [2.45, 2.75) is 329 Å². The van der Waals surface area contributed by atoms with Crippen molar-refractivity contribution < 1.29 is 28.6 Å². The molecule has 0 fully saturated rings. The number of esters is 3. The van der Waals surface area contributed by atoms with Crippen LogP contribution in [0.4, 0.5) is 0 Å². The van der Waals surface area contributed by atoms with E-state index in [0.29, 0.717) is 19.3 Å². The molecule has 0 heterocycles. The SMILES string of the molecule is CCCCC/C=C\CCCCCCCC(=O)OCC(COC(=O)CCCCCCCCCCCC/C=C\C/C=C\C/C=C\CCCCCCC)OC(=O)CCCCCCCC/C=C\C/C=C\C/C=C\CCCCCCC. The maximum Gasteiger partial charge on any atom is 0.306 e. The Kier molecular flexibility index (Phi) is 61.2. The van der Waals surface area contributed by atoms with Gasteiger partial charge in [-0.15, -0.1) is 0 Å². The molecule has 0 aliphatic heterocycles. The Hall–Kier alpha value is -3.41. The molecule has 0 aromatic carbocycles. The number of carbonyl (C=O) groups is 3. The normalized spacial score (nSPS) is 12.6. The fraction of sp³-hybridized carbons (Fsp3) is 0.757. The Labute approximate surface area is 471 Å². The van der Waals surface area contributed by atoms with Crippen LogP contribution in [0.3, 0.4) is 0 Å². The van der Waals surface area contributed by atoms with Crippen LogP contribution in [0, 0.1) is 0 Å².